The highest BCUT2D eigenvalue weighted by Gasteiger charge is 2.36. The first-order valence-corrected chi connectivity index (χ1v) is 8.75. The van der Waals surface area contributed by atoms with Gasteiger partial charge < -0.3 is 10.4 Å². The first-order chi connectivity index (χ1) is 9.60. The summed E-state index contributed by atoms with van der Waals surface area (Å²) in [4.78, 5) is 23.2. The van der Waals surface area contributed by atoms with Crippen LogP contribution in [0.4, 0.5) is 0 Å². The van der Waals surface area contributed by atoms with Crippen LogP contribution in [0.3, 0.4) is 0 Å². The van der Waals surface area contributed by atoms with Crippen LogP contribution in [0, 0.1) is 5.41 Å². The zero-order chi connectivity index (χ0) is 14.4. The number of amides is 1. The van der Waals surface area contributed by atoms with Crippen molar-refractivity contribution in [3.8, 4) is 0 Å². The van der Waals surface area contributed by atoms with Crippen LogP contribution in [0.15, 0.2) is 0 Å². The first-order valence-electron chi connectivity index (χ1n) is 7.70. The molecule has 1 amide bonds. The lowest BCUT2D eigenvalue weighted by molar-refractivity contribution is -0.141. The molecule has 1 atom stereocenters. The number of aliphatic carboxylic acids is 1. The highest BCUT2D eigenvalue weighted by Crippen LogP contribution is 2.42. The van der Waals surface area contributed by atoms with E-state index in [0.717, 1.165) is 32.2 Å². The Hall–Kier alpha value is -0.710. The largest absolute Gasteiger partial charge is 0.481 e. The van der Waals surface area contributed by atoms with Crippen molar-refractivity contribution in [2.24, 2.45) is 5.41 Å². The third-order valence-corrected chi connectivity index (χ3v) is 5.93. The number of hydrogen-bond donors (Lipinski definition) is 2. The predicted octanol–water partition coefficient (Wildman–Crippen LogP) is 2.81. The molecule has 1 unspecified atom stereocenters. The monoisotopic (exact) mass is 299 g/mol. The Kier molecular flexibility index (Phi) is 5.75. The van der Waals surface area contributed by atoms with Gasteiger partial charge in [-0.3, -0.25) is 9.59 Å². The second-order valence-corrected chi connectivity index (χ2v) is 7.66. The maximum Gasteiger partial charge on any atom is 0.303 e. The van der Waals surface area contributed by atoms with Gasteiger partial charge in [0.05, 0.1) is 6.42 Å². The molecule has 2 rings (SSSR count). The molecule has 0 aromatic carbocycles. The van der Waals surface area contributed by atoms with E-state index in [4.69, 9.17) is 5.11 Å². The summed E-state index contributed by atoms with van der Waals surface area (Å²) in [6.45, 7) is 0.743. The van der Waals surface area contributed by atoms with Crippen molar-refractivity contribution in [3.63, 3.8) is 0 Å². The fourth-order valence-corrected chi connectivity index (χ4v) is 4.68. The SMILES string of the molecule is O=C(O)CC1(CC(=O)NCC2CCCS2)CCCCC1. The fourth-order valence-electron chi connectivity index (χ4n) is 3.47. The van der Waals surface area contributed by atoms with Crippen LogP contribution in [-0.2, 0) is 9.59 Å². The lowest BCUT2D eigenvalue weighted by Crippen LogP contribution is -2.37. The average Bonchev–Trinajstić information content (AvgIpc) is 2.89. The molecule has 1 heterocycles. The van der Waals surface area contributed by atoms with E-state index in [1.165, 1.54) is 25.0 Å². The van der Waals surface area contributed by atoms with E-state index in [1.54, 1.807) is 0 Å². The molecule has 2 aliphatic rings. The van der Waals surface area contributed by atoms with Gasteiger partial charge >= 0.3 is 5.97 Å². The van der Waals surface area contributed by atoms with Crippen LogP contribution in [0.1, 0.15) is 57.8 Å². The third kappa shape index (κ3) is 4.69. The van der Waals surface area contributed by atoms with Gasteiger partial charge in [-0.25, -0.2) is 0 Å². The van der Waals surface area contributed by atoms with Crippen molar-refractivity contribution >= 4 is 23.6 Å². The molecule has 0 spiro atoms. The highest BCUT2D eigenvalue weighted by molar-refractivity contribution is 8.00. The minimum atomic E-state index is -0.772. The second kappa shape index (κ2) is 7.34. The van der Waals surface area contributed by atoms with Gasteiger partial charge in [0.2, 0.25) is 5.91 Å². The summed E-state index contributed by atoms with van der Waals surface area (Å²) in [6.07, 6.45) is 7.99. The van der Waals surface area contributed by atoms with Crippen LogP contribution < -0.4 is 5.32 Å². The summed E-state index contributed by atoms with van der Waals surface area (Å²) in [5.74, 6) is 0.468. The Morgan fingerprint density at radius 1 is 1.15 bits per heavy atom. The summed E-state index contributed by atoms with van der Waals surface area (Å²) in [5.41, 5.74) is -0.295. The Balaban J connectivity index is 1.82. The molecule has 4 nitrogen and oxygen atoms in total. The normalized spacial score (nSPS) is 25.3. The summed E-state index contributed by atoms with van der Waals surface area (Å²) < 4.78 is 0. The van der Waals surface area contributed by atoms with E-state index < -0.39 is 5.97 Å². The average molecular weight is 299 g/mol. The van der Waals surface area contributed by atoms with Gasteiger partial charge in [-0.2, -0.15) is 11.8 Å². The van der Waals surface area contributed by atoms with Gasteiger partial charge in [0.1, 0.15) is 0 Å². The van der Waals surface area contributed by atoms with Crippen molar-refractivity contribution in [3.05, 3.63) is 0 Å². The molecule has 2 N–H and O–H groups in total. The summed E-state index contributed by atoms with van der Waals surface area (Å²) in [7, 11) is 0. The zero-order valence-corrected chi connectivity index (χ0v) is 12.8. The van der Waals surface area contributed by atoms with Crippen LogP contribution in [0.2, 0.25) is 0 Å². The number of thioether (sulfide) groups is 1. The van der Waals surface area contributed by atoms with Crippen LogP contribution in [0.25, 0.3) is 0 Å². The van der Waals surface area contributed by atoms with Crippen LogP contribution in [-0.4, -0.2) is 34.5 Å². The van der Waals surface area contributed by atoms with E-state index in [0.29, 0.717) is 11.7 Å². The number of nitrogens with one attached hydrogen (secondary N) is 1. The lowest BCUT2D eigenvalue weighted by atomic mass is 9.69. The summed E-state index contributed by atoms with van der Waals surface area (Å²) >= 11 is 1.93. The molecule has 0 radical (unpaired) electrons. The Morgan fingerprint density at radius 2 is 1.90 bits per heavy atom. The quantitative estimate of drug-likeness (QED) is 0.791. The Bertz CT molecular complexity index is 347. The maximum absolute atomic E-state index is 12.1. The standard InChI is InChI=1S/C15H25NO3S/c17-13(16-11-12-5-4-8-20-12)9-15(10-14(18)19)6-2-1-3-7-15/h12H,1-11H2,(H,16,17)(H,18,19). The first kappa shape index (κ1) is 15.7. The molecule has 1 saturated heterocycles. The number of rotatable bonds is 6. The number of hydrogen-bond acceptors (Lipinski definition) is 3. The highest BCUT2D eigenvalue weighted by atomic mass is 32.2. The summed E-state index contributed by atoms with van der Waals surface area (Å²) in [5, 5.41) is 12.7. The van der Waals surface area contributed by atoms with Crippen LogP contribution >= 0.6 is 11.8 Å². The fraction of sp³-hybridized carbons (Fsp3) is 0.867. The lowest BCUT2D eigenvalue weighted by Gasteiger charge is -2.35. The summed E-state index contributed by atoms with van der Waals surface area (Å²) in [6, 6.07) is 0. The van der Waals surface area contributed by atoms with E-state index in [-0.39, 0.29) is 17.7 Å². The molecule has 1 saturated carbocycles. The number of carboxylic acids is 1. The van der Waals surface area contributed by atoms with Gasteiger partial charge in [0.25, 0.3) is 0 Å². The van der Waals surface area contributed by atoms with Gasteiger partial charge in [-0.05, 0) is 36.9 Å². The minimum absolute atomic E-state index is 0.0423. The molecule has 1 aliphatic carbocycles. The molecular formula is C15H25NO3S. The Morgan fingerprint density at radius 3 is 2.50 bits per heavy atom. The zero-order valence-electron chi connectivity index (χ0n) is 12.0. The smallest absolute Gasteiger partial charge is 0.303 e. The van der Waals surface area contributed by atoms with Crippen molar-refractivity contribution in [1.29, 1.82) is 0 Å². The molecule has 5 heteroatoms. The van der Waals surface area contributed by atoms with Gasteiger partial charge in [-0.1, -0.05) is 19.3 Å². The molecule has 20 heavy (non-hydrogen) atoms. The predicted molar refractivity (Wildman–Crippen MR) is 80.9 cm³/mol. The molecule has 2 fully saturated rings. The van der Waals surface area contributed by atoms with E-state index in [9.17, 15) is 9.59 Å². The molecule has 0 bridgehead atoms. The minimum Gasteiger partial charge on any atom is -0.481 e. The van der Waals surface area contributed by atoms with Crippen molar-refractivity contribution < 1.29 is 14.7 Å². The van der Waals surface area contributed by atoms with E-state index in [2.05, 4.69) is 5.32 Å². The van der Waals surface area contributed by atoms with E-state index >= 15 is 0 Å². The molecular weight excluding hydrogens is 274 g/mol. The molecule has 1 aliphatic heterocycles. The van der Waals surface area contributed by atoms with Crippen molar-refractivity contribution in [2.45, 2.75) is 63.0 Å². The van der Waals surface area contributed by atoms with Crippen molar-refractivity contribution in [1.82, 2.24) is 5.32 Å². The maximum atomic E-state index is 12.1. The van der Waals surface area contributed by atoms with Gasteiger partial charge in [0.15, 0.2) is 0 Å². The van der Waals surface area contributed by atoms with Gasteiger partial charge in [-0.15, -0.1) is 0 Å². The van der Waals surface area contributed by atoms with E-state index in [1.807, 2.05) is 11.8 Å². The number of carbonyl (C=O) groups is 2. The third-order valence-electron chi connectivity index (χ3n) is 4.53. The molecule has 0 aromatic heterocycles. The topological polar surface area (TPSA) is 66.4 Å². The van der Waals surface area contributed by atoms with Crippen LogP contribution in [0.5, 0.6) is 0 Å². The van der Waals surface area contributed by atoms with Gasteiger partial charge in [0, 0.05) is 18.2 Å². The molecule has 114 valence electrons. The molecule has 0 aromatic rings. The number of carboxylic acid groups (broad SMARTS) is 1. The second-order valence-electron chi connectivity index (χ2n) is 6.25. The number of carbonyl (C=O) groups excluding carboxylic acids is 1. The van der Waals surface area contributed by atoms with Crippen molar-refractivity contribution in [2.75, 3.05) is 12.3 Å². The Labute approximate surface area is 125 Å².